The average molecular weight is 311 g/mol. The van der Waals surface area contributed by atoms with Crippen LogP contribution in [0, 0.1) is 12.8 Å². The highest BCUT2D eigenvalue weighted by molar-refractivity contribution is 7.13. The molecule has 0 atom stereocenters. The van der Waals surface area contributed by atoms with Crippen molar-refractivity contribution in [2.45, 2.75) is 33.7 Å². The Bertz CT molecular complexity index is 467. The van der Waals surface area contributed by atoms with Crippen LogP contribution in [0.25, 0.3) is 0 Å². The first kappa shape index (κ1) is 16.4. The molecule has 6 heteroatoms. The molecule has 0 aliphatic carbocycles. The smallest absolute Gasteiger partial charge is 0.263 e. The highest BCUT2D eigenvalue weighted by atomic mass is 32.1. The van der Waals surface area contributed by atoms with Gasteiger partial charge in [-0.3, -0.25) is 9.69 Å². The van der Waals surface area contributed by atoms with Gasteiger partial charge in [0.1, 0.15) is 9.88 Å². The van der Waals surface area contributed by atoms with Crippen molar-refractivity contribution < 1.29 is 9.53 Å². The van der Waals surface area contributed by atoms with E-state index in [2.05, 4.69) is 29.0 Å². The van der Waals surface area contributed by atoms with Crippen molar-refractivity contribution in [2.24, 2.45) is 5.92 Å². The zero-order valence-electron chi connectivity index (χ0n) is 13.1. The van der Waals surface area contributed by atoms with Gasteiger partial charge in [0.2, 0.25) is 0 Å². The predicted octanol–water partition coefficient (Wildman–Crippen LogP) is 2.06. The zero-order chi connectivity index (χ0) is 15.2. The molecule has 0 bridgehead atoms. The summed E-state index contributed by atoms with van der Waals surface area (Å²) in [5, 5.41) is 4.00. The first-order valence-electron chi connectivity index (χ1n) is 7.61. The van der Waals surface area contributed by atoms with E-state index in [9.17, 15) is 4.79 Å². The van der Waals surface area contributed by atoms with Crippen LogP contribution in [0.1, 0.15) is 40.6 Å². The second-order valence-electron chi connectivity index (χ2n) is 5.85. The van der Waals surface area contributed by atoms with Crippen LogP contribution in [0.4, 0.5) is 0 Å². The van der Waals surface area contributed by atoms with Crippen molar-refractivity contribution in [2.75, 3.05) is 32.8 Å². The average Bonchev–Trinajstić information content (AvgIpc) is 2.80. The lowest BCUT2D eigenvalue weighted by atomic mass is 10.1. The van der Waals surface area contributed by atoms with E-state index in [4.69, 9.17) is 4.74 Å². The number of aryl methyl sites for hydroxylation is 1. The molecule has 1 amide bonds. The number of rotatable bonds is 6. The third-order valence-electron chi connectivity index (χ3n) is 3.52. The highest BCUT2D eigenvalue weighted by Crippen LogP contribution is 2.20. The van der Waals surface area contributed by atoms with E-state index in [1.807, 2.05) is 6.92 Å². The lowest BCUT2D eigenvalue weighted by Crippen LogP contribution is -2.35. The molecule has 5 nitrogen and oxygen atoms in total. The minimum Gasteiger partial charge on any atom is -0.379 e. The predicted molar refractivity (Wildman–Crippen MR) is 84.7 cm³/mol. The van der Waals surface area contributed by atoms with Crippen molar-refractivity contribution in [1.82, 2.24) is 15.2 Å². The lowest BCUT2D eigenvalue weighted by Gasteiger charge is -2.25. The van der Waals surface area contributed by atoms with Gasteiger partial charge >= 0.3 is 0 Å². The van der Waals surface area contributed by atoms with Crippen LogP contribution < -0.4 is 5.32 Å². The number of nitrogens with one attached hydrogen (secondary N) is 1. The number of thiazole rings is 1. The summed E-state index contributed by atoms with van der Waals surface area (Å²) in [6, 6.07) is 0. The quantitative estimate of drug-likeness (QED) is 0.874. The molecule has 1 N–H and O–H groups in total. The molecule has 118 valence electrons. The van der Waals surface area contributed by atoms with Gasteiger partial charge in [-0.1, -0.05) is 13.8 Å². The fourth-order valence-corrected chi connectivity index (χ4v) is 3.26. The number of carbonyl (C=O) groups is 1. The number of hydrogen-bond donors (Lipinski definition) is 1. The van der Waals surface area contributed by atoms with Crippen LogP contribution in [0.3, 0.4) is 0 Å². The molecular formula is C15H25N3O2S. The van der Waals surface area contributed by atoms with E-state index in [0.717, 1.165) is 61.4 Å². The van der Waals surface area contributed by atoms with Gasteiger partial charge in [-0.25, -0.2) is 4.98 Å². The molecule has 0 unspecified atom stereocenters. The number of aromatic nitrogens is 1. The fraction of sp³-hybridized carbons (Fsp3) is 0.733. The third-order valence-corrected chi connectivity index (χ3v) is 4.66. The topological polar surface area (TPSA) is 54.5 Å². The molecule has 1 aromatic heterocycles. The van der Waals surface area contributed by atoms with E-state index in [0.29, 0.717) is 5.92 Å². The molecule has 21 heavy (non-hydrogen) atoms. The Morgan fingerprint density at radius 1 is 1.43 bits per heavy atom. The van der Waals surface area contributed by atoms with Crippen LogP contribution in [-0.2, 0) is 11.3 Å². The number of carbonyl (C=O) groups excluding carboxylic acids is 1. The van der Waals surface area contributed by atoms with Crippen molar-refractivity contribution in [3.05, 3.63) is 15.6 Å². The van der Waals surface area contributed by atoms with Crippen LogP contribution >= 0.6 is 11.3 Å². The van der Waals surface area contributed by atoms with Crippen LogP contribution in [0.2, 0.25) is 0 Å². The Labute approximate surface area is 130 Å². The Morgan fingerprint density at radius 2 is 2.14 bits per heavy atom. The second kappa shape index (κ2) is 7.87. The summed E-state index contributed by atoms with van der Waals surface area (Å²) in [5.41, 5.74) is 0.838. The Hall–Kier alpha value is -0.980. The number of hydrogen-bond acceptors (Lipinski definition) is 5. The molecule has 2 rings (SSSR count). The van der Waals surface area contributed by atoms with Gasteiger partial charge < -0.3 is 10.1 Å². The van der Waals surface area contributed by atoms with Gasteiger partial charge in [-0.2, -0.15) is 0 Å². The standard InChI is InChI=1S/C15H25N3O2S/c1-11(2)4-5-16-15(19)14-12(3)17-13(21-14)10-18-6-8-20-9-7-18/h11H,4-10H2,1-3H3,(H,16,19). The van der Waals surface area contributed by atoms with E-state index >= 15 is 0 Å². The second-order valence-corrected chi connectivity index (χ2v) is 6.93. The minimum absolute atomic E-state index is 0.0128. The third kappa shape index (κ3) is 5.05. The zero-order valence-corrected chi connectivity index (χ0v) is 14.0. The molecule has 1 aliphatic rings. The maximum atomic E-state index is 12.2. The van der Waals surface area contributed by atoms with Gasteiger partial charge in [0.25, 0.3) is 5.91 Å². The number of amides is 1. The summed E-state index contributed by atoms with van der Waals surface area (Å²) in [7, 11) is 0. The van der Waals surface area contributed by atoms with Gasteiger partial charge in [0.15, 0.2) is 0 Å². The largest absolute Gasteiger partial charge is 0.379 e. The SMILES string of the molecule is Cc1nc(CN2CCOCC2)sc1C(=O)NCCC(C)C. The minimum atomic E-state index is 0.0128. The van der Waals surface area contributed by atoms with Crippen molar-refractivity contribution in [3.8, 4) is 0 Å². The monoisotopic (exact) mass is 311 g/mol. The molecule has 0 spiro atoms. The Morgan fingerprint density at radius 3 is 2.81 bits per heavy atom. The van der Waals surface area contributed by atoms with Crippen molar-refractivity contribution in [3.63, 3.8) is 0 Å². The van der Waals surface area contributed by atoms with E-state index in [-0.39, 0.29) is 5.91 Å². The summed E-state index contributed by atoms with van der Waals surface area (Å²) < 4.78 is 5.35. The van der Waals surface area contributed by atoms with Crippen molar-refractivity contribution >= 4 is 17.2 Å². The Balaban J connectivity index is 1.90. The fourth-order valence-electron chi connectivity index (χ4n) is 2.24. The van der Waals surface area contributed by atoms with Gasteiger partial charge in [0, 0.05) is 19.6 Å². The normalized spacial score (nSPS) is 16.4. The maximum absolute atomic E-state index is 12.2. The van der Waals surface area contributed by atoms with Crippen molar-refractivity contribution in [1.29, 1.82) is 0 Å². The summed E-state index contributed by atoms with van der Waals surface area (Å²) in [4.78, 5) is 19.8. The summed E-state index contributed by atoms with van der Waals surface area (Å²) in [5.74, 6) is 0.614. The molecule has 1 aromatic rings. The molecule has 0 saturated carbocycles. The molecule has 2 heterocycles. The summed E-state index contributed by atoms with van der Waals surface area (Å²) >= 11 is 1.51. The highest BCUT2D eigenvalue weighted by Gasteiger charge is 2.18. The first-order valence-corrected chi connectivity index (χ1v) is 8.42. The van der Waals surface area contributed by atoms with Gasteiger partial charge in [0.05, 0.1) is 25.5 Å². The van der Waals surface area contributed by atoms with Gasteiger partial charge in [-0.15, -0.1) is 11.3 Å². The first-order chi connectivity index (χ1) is 10.1. The molecule has 0 aromatic carbocycles. The number of morpholine rings is 1. The van der Waals surface area contributed by atoms with E-state index < -0.39 is 0 Å². The number of nitrogens with zero attached hydrogens (tertiary/aromatic N) is 2. The molecule has 1 saturated heterocycles. The van der Waals surface area contributed by atoms with E-state index in [1.54, 1.807) is 0 Å². The molecule has 1 aliphatic heterocycles. The van der Waals surface area contributed by atoms with E-state index in [1.165, 1.54) is 11.3 Å². The Kier molecular flexibility index (Phi) is 6.14. The molecule has 1 fully saturated rings. The number of ether oxygens (including phenoxy) is 1. The van der Waals surface area contributed by atoms with Crippen LogP contribution in [-0.4, -0.2) is 48.6 Å². The van der Waals surface area contributed by atoms with Crippen LogP contribution in [0.5, 0.6) is 0 Å². The van der Waals surface area contributed by atoms with Crippen LogP contribution in [0.15, 0.2) is 0 Å². The van der Waals surface area contributed by atoms with Gasteiger partial charge in [-0.05, 0) is 19.3 Å². The lowest BCUT2D eigenvalue weighted by molar-refractivity contribution is 0.0341. The maximum Gasteiger partial charge on any atom is 0.263 e. The molecule has 0 radical (unpaired) electrons. The molecular weight excluding hydrogens is 286 g/mol. The summed E-state index contributed by atoms with van der Waals surface area (Å²) in [6.45, 7) is 11.2. The summed E-state index contributed by atoms with van der Waals surface area (Å²) in [6.07, 6.45) is 1.00.